The molecule has 0 radical (unpaired) electrons. The van der Waals surface area contributed by atoms with Crippen molar-refractivity contribution in [2.75, 3.05) is 10.2 Å². The monoisotopic (exact) mass is 388 g/mol. The van der Waals surface area contributed by atoms with E-state index in [1.165, 1.54) is 6.08 Å². The van der Waals surface area contributed by atoms with Crippen LogP contribution >= 0.6 is 11.6 Å². The van der Waals surface area contributed by atoms with Crippen LogP contribution in [-0.2, 0) is 11.3 Å². The second-order valence-corrected chi connectivity index (χ2v) is 6.91. The highest BCUT2D eigenvalue weighted by molar-refractivity contribution is 6.30. The summed E-state index contributed by atoms with van der Waals surface area (Å²) in [6, 6.07) is 22.1. The van der Waals surface area contributed by atoms with Gasteiger partial charge in [-0.3, -0.25) is 9.59 Å². The van der Waals surface area contributed by atoms with Crippen molar-refractivity contribution in [1.29, 1.82) is 0 Å². The zero-order valence-electron chi connectivity index (χ0n) is 14.9. The first-order valence-electron chi connectivity index (χ1n) is 8.84. The van der Waals surface area contributed by atoms with Crippen LogP contribution in [0.2, 0.25) is 5.02 Å². The third kappa shape index (κ3) is 3.82. The maximum absolute atomic E-state index is 12.5. The lowest BCUT2D eigenvalue weighted by Gasteiger charge is -2.16. The molecule has 1 aliphatic rings. The van der Waals surface area contributed by atoms with Gasteiger partial charge in [0.15, 0.2) is 0 Å². The van der Waals surface area contributed by atoms with E-state index in [-0.39, 0.29) is 11.8 Å². The molecule has 0 unspecified atom stereocenters. The smallest absolute Gasteiger partial charge is 0.258 e. The molecule has 4 nitrogen and oxygen atoms in total. The van der Waals surface area contributed by atoms with Crippen LogP contribution in [0.5, 0.6) is 0 Å². The Morgan fingerprint density at radius 1 is 0.964 bits per heavy atom. The standard InChI is InChI=1S/C23H17ClN2O2/c24-18-8-5-16(6-9-18)7-14-22(27)25-19-10-12-20(13-11-19)26-15-17-3-1-2-4-21(17)23(26)28/h1-14H,15H2,(H,25,27)/b14-7+. The molecule has 0 saturated heterocycles. The summed E-state index contributed by atoms with van der Waals surface area (Å²) < 4.78 is 0. The van der Waals surface area contributed by atoms with Crippen molar-refractivity contribution in [1.82, 2.24) is 0 Å². The molecular weight excluding hydrogens is 372 g/mol. The van der Waals surface area contributed by atoms with E-state index in [0.29, 0.717) is 17.3 Å². The van der Waals surface area contributed by atoms with Crippen molar-refractivity contribution in [2.24, 2.45) is 0 Å². The number of amides is 2. The molecule has 0 bridgehead atoms. The van der Waals surface area contributed by atoms with Crippen LogP contribution in [0.1, 0.15) is 21.5 Å². The van der Waals surface area contributed by atoms with Crippen molar-refractivity contribution in [3.8, 4) is 0 Å². The van der Waals surface area contributed by atoms with Gasteiger partial charge in [-0.15, -0.1) is 0 Å². The number of hydrogen-bond donors (Lipinski definition) is 1. The first kappa shape index (κ1) is 18.0. The molecule has 3 aromatic carbocycles. The third-order valence-electron chi connectivity index (χ3n) is 4.57. The Morgan fingerprint density at radius 2 is 1.68 bits per heavy atom. The molecule has 0 aliphatic carbocycles. The van der Waals surface area contributed by atoms with Gasteiger partial charge in [0.2, 0.25) is 5.91 Å². The van der Waals surface area contributed by atoms with Gasteiger partial charge < -0.3 is 10.2 Å². The SMILES string of the molecule is O=C(/C=C/c1ccc(Cl)cc1)Nc1ccc(N2Cc3ccccc3C2=O)cc1. The molecule has 0 fully saturated rings. The molecule has 2 amide bonds. The Morgan fingerprint density at radius 3 is 2.39 bits per heavy atom. The van der Waals surface area contributed by atoms with E-state index in [2.05, 4.69) is 5.32 Å². The van der Waals surface area contributed by atoms with E-state index < -0.39 is 0 Å². The molecule has 3 aromatic rings. The highest BCUT2D eigenvalue weighted by Crippen LogP contribution is 2.28. The van der Waals surface area contributed by atoms with Crippen LogP contribution in [0.3, 0.4) is 0 Å². The van der Waals surface area contributed by atoms with Crippen molar-refractivity contribution in [3.63, 3.8) is 0 Å². The molecule has 1 N–H and O–H groups in total. The molecule has 1 aliphatic heterocycles. The largest absolute Gasteiger partial charge is 0.323 e. The number of hydrogen-bond acceptors (Lipinski definition) is 2. The number of nitrogens with zero attached hydrogens (tertiary/aromatic N) is 1. The summed E-state index contributed by atoms with van der Waals surface area (Å²) in [5, 5.41) is 3.47. The molecule has 28 heavy (non-hydrogen) atoms. The normalized spacial score (nSPS) is 13.0. The molecule has 0 spiro atoms. The fraction of sp³-hybridized carbons (Fsp3) is 0.0435. The maximum atomic E-state index is 12.5. The molecule has 0 atom stereocenters. The van der Waals surface area contributed by atoms with Gasteiger partial charge >= 0.3 is 0 Å². The Labute approximate surface area is 168 Å². The fourth-order valence-corrected chi connectivity index (χ4v) is 3.24. The van der Waals surface area contributed by atoms with E-state index in [9.17, 15) is 9.59 Å². The van der Waals surface area contributed by atoms with E-state index in [0.717, 1.165) is 22.4 Å². The molecular formula is C23H17ClN2O2. The lowest BCUT2D eigenvalue weighted by molar-refractivity contribution is -0.111. The number of anilines is 2. The number of benzene rings is 3. The van der Waals surface area contributed by atoms with Crippen molar-refractivity contribution in [3.05, 3.63) is 101 Å². The number of carbonyl (C=O) groups excluding carboxylic acids is 2. The average Bonchev–Trinajstić information content (AvgIpc) is 3.05. The van der Waals surface area contributed by atoms with Crippen LogP contribution in [0, 0.1) is 0 Å². The average molecular weight is 389 g/mol. The highest BCUT2D eigenvalue weighted by Gasteiger charge is 2.27. The van der Waals surface area contributed by atoms with Crippen molar-refractivity contribution >= 4 is 40.9 Å². The summed E-state index contributed by atoms with van der Waals surface area (Å²) in [5.74, 6) is -0.231. The summed E-state index contributed by atoms with van der Waals surface area (Å²) in [7, 11) is 0. The minimum atomic E-state index is -0.229. The van der Waals surface area contributed by atoms with Crippen LogP contribution in [0.15, 0.2) is 78.9 Å². The molecule has 138 valence electrons. The van der Waals surface area contributed by atoms with Crippen molar-refractivity contribution in [2.45, 2.75) is 6.54 Å². The molecule has 0 saturated carbocycles. The number of halogens is 1. The zero-order chi connectivity index (χ0) is 19.5. The Hall–Kier alpha value is -3.37. The van der Waals surface area contributed by atoms with Gasteiger partial charge in [-0.2, -0.15) is 0 Å². The second kappa shape index (κ2) is 7.71. The number of fused-ring (bicyclic) bond motifs is 1. The molecule has 4 rings (SSSR count). The topological polar surface area (TPSA) is 49.4 Å². The summed E-state index contributed by atoms with van der Waals surface area (Å²) in [4.78, 5) is 26.4. The minimum Gasteiger partial charge on any atom is -0.323 e. The van der Waals surface area contributed by atoms with Gasteiger partial charge in [0, 0.05) is 28.0 Å². The van der Waals surface area contributed by atoms with Crippen LogP contribution in [-0.4, -0.2) is 11.8 Å². The van der Waals surface area contributed by atoms with Crippen LogP contribution in [0.4, 0.5) is 11.4 Å². The van der Waals surface area contributed by atoms with E-state index >= 15 is 0 Å². The van der Waals surface area contributed by atoms with Gasteiger partial charge in [0.05, 0.1) is 6.54 Å². The lowest BCUT2D eigenvalue weighted by atomic mass is 10.1. The highest BCUT2D eigenvalue weighted by atomic mass is 35.5. The first-order chi connectivity index (χ1) is 13.6. The Balaban J connectivity index is 1.40. The Kier molecular flexibility index (Phi) is 4.96. The quantitative estimate of drug-likeness (QED) is 0.628. The van der Waals surface area contributed by atoms with Gasteiger partial charge in [-0.25, -0.2) is 0 Å². The van der Waals surface area contributed by atoms with E-state index in [4.69, 9.17) is 11.6 Å². The summed E-state index contributed by atoms with van der Waals surface area (Å²) in [6.45, 7) is 0.560. The number of carbonyl (C=O) groups is 2. The number of nitrogens with one attached hydrogen (secondary N) is 1. The summed E-state index contributed by atoms with van der Waals surface area (Å²) in [5.41, 5.74) is 4.13. The fourth-order valence-electron chi connectivity index (χ4n) is 3.12. The van der Waals surface area contributed by atoms with Gasteiger partial charge in [0.1, 0.15) is 0 Å². The van der Waals surface area contributed by atoms with Crippen LogP contribution < -0.4 is 10.2 Å². The van der Waals surface area contributed by atoms with Gasteiger partial charge in [0.25, 0.3) is 5.91 Å². The summed E-state index contributed by atoms with van der Waals surface area (Å²) >= 11 is 5.85. The predicted octanol–water partition coefficient (Wildman–Crippen LogP) is 5.15. The maximum Gasteiger partial charge on any atom is 0.258 e. The van der Waals surface area contributed by atoms with E-state index in [1.807, 2.05) is 48.5 Å². The third-order valence-corrected chi connectivity index (χ3v) is 4.82. The minimum absolute atomic E-state index is 0.00159. The molecule has 5 heteroatoms. The van der Waals surface area contributed by atoms with Gasteiger partial charge in [-0.05, 0) is 59.7 Å². The van der Waals surface area contributed by atoms with Gasteiger partial charge in [-0.1, -0.05) is 41.9 Å². The van der Waals surface area contributed by atoms with Crippen LogP contribution in [0.25, 0.3) is 6.08 Å². The van der Waals surface area contributed by atoms with E-state index in [1.54, 1.807) is 35.2 Å². The first-order valence-corrected chi connectivity index (χ1v) is 9.22. The van der Waals surface area contributed by atoms with Crippen molar-refractivity contribution < 1.29 is 9.59 Å². The summed E-state index contributed by atoms with van der Waals surface area (Å²) in [6.07, 6.45) is 3.19. The zero-order valence-corrected chi connectivity index (χ0v) is 15.7. The second-order valence-electron chi connectivity index (χ2n) is 6.47. The number of rotatable bonds is 4. The molecule has 1 heterocycles. The molecule has 0 aromatic heterocycles. The Bertz CT molecular complexity index is 1060. The predicted molar refractivity (Wildman–Crippen MR) is 113 cm³/mol. The lowest BCUT2D eigenvalue weighted by Crippen LogP contribution is -2.22.